The van der Waals surface area contributed by atoms with Crippen LogP contribution in [0.5, 0.6) is 5.75 Å². The average Bonchev–Trinajstić information content (AvgIpc) is 2.98. The summed E-state index contributed by atoms with van der Waals surface area (Å²) < 4.78 is 10.0. The lowest BCUT2D eigenvalue weighted by Gasteiger charge is -2.18. The van der Waals surface area contributed by atoms with E-state index in [4.69, 9.17) is 9.47 Å². The Kier molecular flexibility index (Phi) is 5.96. The highest BCUT2D eigenvalue weighted by Gasteiger charge is 2.37. The molecule has 1 heterocycles. The molecule has 154 valence electrons. The van der Waals surface area contributed by atoms with Crippen molar-refractivity contribution in [1.82, 2.24) is 4.90 Å². The second kappa shape index (κ2) is 8.60. The van der Waals surface area contributed by atoms with Crippen LogP contribution in [0.15, 0.2) is 65.4 Å². The fourth-order valence-electron chi connectivity index (χ4n) is 3.19. The number of non-ortho nitro benzene ring substituents is 1. The number of esters is 1. The van der Waals surface area contributed by atoms with Gasteiger partial charge in [-0.3, -0.25) is 14.9 Å². The quantitative estimate of drug-likeness (QED) is 0.314. The Labute approximate surface area is 173 Å². The topological polar surface area (TPSA) is 99.0 Å². The summed E-state index contributed by atoms with van der Waals surface area (Å²) in [4.78, 5) is 37.4. The first-order chi connectivity index (χ1) is 14.3. The van der Waals surface area contributed by atoms with E-state index in [-0.39, 0.29) is 29.3 Å². The average molecular weight is 408 g/mol. The van der Waals surface area contributed by atoms with Crippen LogP contribution in [0.2, 0.25) is 0 Å². The van der Waals surface area contributed by atoms with E-state index in [2.05, 4.69) is 0 Å². The van der Waals surface area contributed by atoms with Crippen LogP contribution in [0.3, 0.4) is 0 Å². The van der Waals surface area contributed by atoms with E-state index >= 15 is 0 Å². The van der Waals surface area contributed by atoms with Crippen LogP contribution in [0.1, 0.15) is 18.1 Å². The van der Waals surface area contributed by atoms with Gasteiger partial charge >= 0.3 is 5.97 Å². The molecule has 0 aromatic heterocycles. The standard InChI is InChI=1S/C22H20N2O6/c1-14-20(22(26)30-3)19(12-15-4-8-17(9-5-15)24(27)28)21(25)23(14)13-16-6-10-18(29-2)11-7-16/h4-12H,13H2,1-3H3/b19-12-. The van der Waals surface area contributed by atoms with Crippen LogP contribution in [0.25, 0.3) is 6.08 Å². The van der Waals surface area contributed by atoms with Crippen molar-refractivity contribution in [3.05, 3.63) is 86.6 Å². The summed E-state index contributed by atoms with van der Waals surface area (Å²) in [7, 11) is 2.83. The van der Waals surface area contributed by atoms with Crippen molar-refractivity contribution in [2.24, 2.45) is 0 Å². The molecule has 0 saturated heterocycles. The highest BCUT2D eigenvalue weighted by Crippen LogP contribution is 2.33. The van der Waals surface area contributed by atoms with Crippen LogP contribution in [-0.2, 0) is 20.9 Å². The normalized spacial score (nSPS) is 15.0. The van der Waals surface area contributed by atoms with E-state index < -0.39 is 10.9 Å². The number of methoxy groups -OCH3 is 2. The molecule has 8 heteroatoms. The number of hydrogen-bond acceptors (Lipinski definition) is 6. The molecule has 0 bridgehead atoms. The zero-order valence-electron chi connectivity index (χ0n) is 16.7. The van der Waals surface area contributed by atoms with E-state index in [1.165, 1.54) is 42.4 Å². The molecule has 2 aromatic rings. The molecule has 2 aromatic carbocycles. The molecular weight excluding hydrogens is 388 g/mol. The van der Waals surface area contributed by atoms with Gasteiger partial charge in [0.25, 0.3) is 11.6 Å². The summed E-state index contributed by atoms with van der Waals surface area (Å²) in [6.07, 6.45) is 1.54. The van der Waals surface area contributed by atoms with Gasteiger partial charge in [0.15, 0.2) is 0 Å². The summed E-state index contributed by atoms with van der Waals surface area (Å²) in [5.74, 6) is -0.263. The molecule has 0 atom stereocenters. The van der Waals surface area contributed by atoms with Gasteiger partial charge < -0.3 is 14.4 Å². The van der Waals surface area contributed by atoms with Crippen LogP contribution < -0.4 is 4.74 Å². The maximum Gasteiger partial charge on any atom is 0.340 e. The molecule has 30 heavy (non-hydrogen) atoms. The number of nitro benzene ring substituents is 1. The Hall–Kier alpha value is -3.94. The zero-order valence-corrected chi connectivity index (χ0v) is 16.7. The molecule has 8 nitrogen and oxygen atoms in total. The summed E-state index contributed by atoms with van der Waals surface area (Å²) in [5.41, 5.74) is 2.21. The van der Waals surface area contributed by atoms with Crippen molar-refractivity contribution in [2.75, 3.05) is 14.2 Å². The number of nitrogens with zero attached hydrogens (tertiary/aromatic N) is 2. The Morgan fingerprint density at radius 2 is 1.73 bits per heavy atom. The number of amides is 1. The van der Waals surface area contributed by atoms with Crippen molar-refractivity contribution in [2.45, 2.75) is 13.5 Å². The Morgan fingerprint density at radius 1 is 1.10 bits per heavy atom. The number of rotatable bonds is 6. The molecule has 0 spiro atoms. The molecule has 1 amide bonds. The van der Waals surface area contributed by atoms with Gasteiger partial charge in [-0.1, -0.05) is 12.1 Å². The third kappa shape index (κ3) is 4.07. The highest BCUT2D eigenvalue weighted by atomic mass is 16.6. The lowest BCUT2D eigenvalue weighted by Crippen LogP contribution is -2.24. The predicted octanol–water partition coefficient (Wildman–Crippen LogP) is 3.48. The van der Waals surface area contributed by atoms with Gasteiger partial charge in [-0.25, -0.2) is 4.79 Å². The smallest absolute Gasteiger partial charge is 0.340 e. The maximum atomic E-state index is 13.1. The van der Waals surface area contributed by atoms with Crippen molar-refractivity contribution in [3.8, 4) is 5.75 Å². The number of benzene rings is 2. The summed E-state index contributed by atoms with van der Waals surface area (Å²) in [5, 5.41) is 10.8. The fourth-order valence-corrected chi connectivity index (χ4v) is 3.19. The third-order valence-electron chi connectivity index (χ3n) is 4.82. The first-order valence-electron chi connectivity index (χ1n) is 9.06. The molecule has 0 aliphatic carbocycles. The second-order valence-electron chi connectivity index (χ2n) is 6.60. The minimum Gasteiger partial charge on any atom is -0.497 e. The van der Waals surface area contributed by atoms with Gasteiger partial charge in [0.1, 0.15) is 5.75 Å². The van der Waals surface area contributed by atoms with Crippen molar-refractivity contribution in [3.63, 3.8) is 0 Å². The van der Waals surface area contributed by atoms with E-state index in [1.54, 1.807) is 26.2 Å². The van der Waals surface area contributed by atoms with E-state index in [0.29, 0.717) is 17.0 Å². The van der Waals surface area contributed by atoms with E-state index in [1.807, 2.05) is 12.1 Å². The number of carbonyl (C=O) groups excluding carboxylic acids is 2. The zero-order chi connectivity index (χ0) is 21.8. The minimum atomic E-state index is -0.619. The lowest BCUT2D eigenvalue weighted by molar-refractivity contribution is -0.384. The summed E-state index contributed by atoms with van der Waals surface area (Å²) in [6.45, 7) is 1.96. The minimum absolute atomic E-state index is 0.0593. The van der Waals surface area contributed by atoms with Gasteiger partial charge in [0, 0.05) is 17.8 Å². The molecule has 3 rings (SSSR count). The van der Waals surface area contributed by atoms with Gasteiger partial charge in [-0.15, -0.1) is 0 Å². The van der Waals surface area contributed by atoms with E-state index in [9.17, 15) is 19.7 Å². The van der Waals surface area contributed by atoms with Gasteiger partial charge in [-0.2, -0.15) is 0 Å². The maximum absolute atomic E-state index is 13.1. The van der Waals surface area contributed by atoms with Crippen LogP contribution in [0.4, 0.5) is 5.69 Å². The largest absolute Gasteiger partial charge is 0.497 e. The van der Waals surface area contributed by atoms with E-state index in [0.717, 1.165) is 5.56 Å². The Bertz CT molecular complexity index is 1050. The Balaban J connectivity index is 1.97. The third-order valence-corrected chi connectivity index (χ3v) is 4.82. The molecule has 0 N–H and O–H groups in total. The SMILES string of the molecule is COC(=O)C1=C(C)N(Cc2ccc(OC)cc2)C(=O)/C1=C\c1ccc([N+](=O)[O-])cc1. The summed E-state index contributed by atoms with van der Waals surface area (Å²) in [6, 6.07) is 13.0. The van der Waals surface area contributed by atoms with Gasteiger partial charge in [-0.05, 0) is 48.4 Å². The number of ether oxygens (including phenoxy) is 2. The Morgan fingerprint density at radius 3 is 2.27 bits per heavy atom. The highest BCUT2D eigenvalue weighted by molar-refractivity contribution is 6.16. The molecule has 0 unspecified atom stereocenters. The molecule has 0 fully saturated rings. The molecule has 1 aliphatic rings. The summed E-state index contributed by atoms with van der Waals surface area (Å²) >= 11 is 0. The monoisotopic (exact) mass is 408 g/mol. The second-order valence-corrected chi connectivity index (χ2v) is 6.60. The lowest BCUT2D eigenvalue weighted by atomic mass is 10.0. The molecule has 0 saturated carbocycles. The van der Waals surface area contributed by atoms with Crippen LogP contribution in [-0.4, -0.2) is 35.9 Å². The molecule has 1 aliphatic heterocycles. The molecular formula is C22H20N2O6. The van der Waals surface area contributed by atoms with Crippen molar-refractivity contribution >= 4 is 23.6 Å². The fraction of sp³-hybridized carbons (Fsp3) is 0.182. The number of allylic oxidation sites excluding steroid dienone is 1. The van der Waals surface area contributed by atoms with Crippen molar-refractivity contribution in [1.29, 1.82) is 0 Å². The first-order valence-corrected chi connectivity index (χ1v) is 9.06. The van der Waals surface area contributed by atoms with Crippen LogP contribution in [0, 0.1) is 10.1 Å². The van der Waals surface area contributed by atoms with Gasteiger partial charge in [0.05, 0.1) is 36.8 Å². The first kappa shape index (κ1) is 20.8. The number of carbonyl (C=O) groups is 2. The number of nitro groups is 1. The van der Waals surface area contributed by atoms with Crippen LogP contribution >= 0.6 is 0 Å². The predicted molar refractivity (Wildman–Crippen MR) is 109 cm³/mol. The number of hydrogen-bond donors (Lipinski definition) is 0. The molecule has 0 radical (unpaired) electrons. The van der Waals surface area contributed by atoms with Crippen molar-refractivity contribution < 1.29 is 24.0 Å². The van der Waals surface area contributed by atoms with Gasteiger partial charge in [0.2, 0.25) is 0 Å².